The Labute approximate surface area is 191 Å². The number of rotatable bonds is 10. The number of thiazole rings is 1. The van der Waals surface area contributed by atoms with Gasteiger partial charge in [0.25, 0.3) is 0 Å². The second kappa shape index (κ2) is 9.76. The highest BCUT2D eigenvalue weighted by Gasteiger charge is 2.28. The number of anilines is 4. The first kappa shape index (κ1) is 21.7. The molecule has 1 saturated carbocycles. The number of benzene rings is 1. The molecular formula is C21H27ClN8S. The maximum atomic E-state index is 6.30. The van der Waals surface area contributed by atoms with Crippen LogP contribution in [-0.2, 0) is 6.54 Å². The fraction of sp³-hybridized carbons (Fsp3) is 0.429. The molecule has 0 saturated heterocycles. The van der Waals surface area contributed by atoms with Crippen LogP contribution in [0.5, 0.6) is 0 Å². The summed E-state index contributed by atoms with van der Waals surface area (Å²) >= 11 is 7.86. The molecule has 164 valence electrons. The van der Waals surface area contributed by atoms with E-state index in [0.717, 1.165) is 58.0 Å². The average Bonchev–Trinajstić information content (AvgIpc) is 3.48. The molecule has 0 amide bonds. The molecule has 2 aromatic heterocycles. The lowest BCUT2D eigenvalue weighted by Crippen LogP contribution is -2.22. The minimum absolute atomic E-state index is 0.438. The van der Waals surface area contributed by atoms with Gasteiger partial charge < -0.3 is 15.5 Å². The Morgan fingerprint density at radius 1 is 1.13 bits per heavy atom. The van der Waals surface area contributed by atoms with Crippen molar-refractivity contribution in [2.45, 2.75) is 32.2 Å². The molecule has 0 atom stereocenters. The minimum atomic E-state index is 0.438. The molecule has 4 rings (SSSR count). The standard InChI is InChI=1S/C21H27ClN8S/c1-13-5-4-6-16(22)17(13)24-11-15-12-25-21(31-15)29-20-27-18(14-7-8-14)26-19(28-20)23-9-10-30(2)3/h4-6,12,14,24H,7-11H2,1-3H3,(H2,23,25,26,27,28,29). The number of para-hydroxylation sites is 1. The van der Waals surface area contributed by atoms with E-state index in [1.807, 2.05) is 45.4 Å². The van der Waals surface area contributed by atoms with Crippen molar-refractivity contribution < 1.29 is 0 Å². The molecule has 0 aliphatic heterocycles. The molecular weight excluding hydrogens is 432 g/mol. The zero-order chi connectivity index (χ0) is 21.8. The van der Waals surface area contributed by atoms with Crippen LogP contribution in [0.2, 0.25) is 5.02 Å². The van der Waals surface area contributed by atoms with Gasteiger partial charge in [-0.15, -0.1) is 0 Å². The quantitative estimate of drug-likeness (QED) is 0.409. The maximum Gasteiger partial charge on any atom is 0.234 e. The molecule has 1 aliphatic rings. The Hall–Kier alpha value is -2.49. The largest absolute Gasteiger partial charge is 0.379 e. The Kier molecular flexibility index (Phi) is 6.84. The lowest BCUT2D eigenvalue weighted by Gasteiger charge is -2.12. The van der Waals surface area contributed by atoms with Crippen molar-refractivity contribution >= 4 is 45.7 Å². The van der Waals surface area contributed by atoms with Crippen molar-refractivity contribution in [3.63, 3.8) is 0 Å². The Morgan fingerprint density at radius 2 is 1.94 bits per heavy atom. The number of nitrogens with one attached hydrogen (secondary N) is 3. The molecule has 2 heterocycles. The van der Waals surface area contributed by atoms with Crippen LogP contribution in [0, 0.1) is 6.92 Å². The van der Waals surface area contributed by atoms with Crippen LogP contribution >= 0.6 is 22.9 Å². The summed E-state index contributed by atoms with van der Waals surface area (Å²) in [6.45, 7) is 4.36. The van der Waals surface area contributed by atoms with E-state index in [1.165, 1.54) is 0 Å². The van der Waals surface area contributed by atoms with Crippen molar-refractivity contribution in [3.05, 3.63) is 45.7 Å². The van der Waals surface area contributed by atoms with Crippen LogP contribution in [0.25, 0.3) is 0 Å². The molecule has 3 N–H and O–H groups in total. The number of aromatic nitrogens is 4. The highest BCUT2D eigenvalue weighted by Crippen LogP contribution is 2.38. The Balaban J connectivity index is 1.42. The molecule has 3 aromatic rings. The van der Waals surface area contributed by atoms with Gasteiger partial charge in [-0.05, 0) is 45.5 Å². The second-order valence-corrected chi connectivity index (χ2v) is 9.41. The third kappa shape index (κ3) is 6.03. The Bertz CT molecular complexity index is 1010. The zero-order valence-corrected chi connectivity index (χ0v) is 19.5. The number of halogens is 1. The van der Waals surface area contributed by atoms with Gasteiger partial charge in [0.05, 0.1) is 17.3 Å². The lowest BCUT2D eigenvalue weighted by molar-refractivity contribution is 0.425. The lowest BCUT2D eigenvalue weighted by atomic mass is 10.2. The predicted molar refractivity (Wildman–Crippen MR) is 128 cm³/mol. The number of hydrogen-bond donors (Lipinski definition) is 3. The van der Waals surface area contributed by atoms with Crippen molar-refractivity contribution in [3.8, 4) is 0 Å². The van der Waals surface area contributed by atoms with Crippen LogP contribution < -0.4 is 16.0 Å². The monoisotopic (exact) mass is 458 g/mol. The van der Waals surface area contributed by atoms with Gasteiger partial charge in [-0.1, -0.05) is 35.1 Å². The molecule has 0 radical (unpaired) electrons. The third-order valence-electron chi connectivity index (χ3n) is 4.87. The second-order valence-electron chi connectivity index (χ2n) is 7.89. The van der Waals surface area contributed by atoms with Gasteiger partial charge in [0.2, 0.25) is 11.9 Å². The van der Waals surface area contributed by atoms with Gasteiger partial charge in [-0.2, -0.15) is 15.0 Å². The highest BCUT2D eigenvalue weighted by molar-refractivity contribution is 7.15. The topological polar surface area (TPSA) is 90.9 Å². The van der Waals surface area contributed by atoms with Crippen LogP contribution in [0.3, 0.4) is 0 Å². The van der Waals surface area contributed by atoms with Crippen molar-refractivity contribution in [1.82, 2.24) is 24.8 Å². The van der Waals surface area contributed by atoms with Crippen LogP contribution in [0.15, 0.2) is 24.4 Å². The maximum absolute atomic E-state index is 6.30. The fourth-order valence-corrected chi connectivity index (χ4v) is 4.05. The number of likely N-dealkylation sites (N-methyl/N-ethyl adjacent to an activating group) is 1. The average molecular weight is 459 g/mol. The van der Waals surface area contributed by atoms with E-state index < -0.39 is 0 Å². The van der Waals surface area contributed by atoms with Gasteiger partial charge >= 0.3 is 0 Å². The first-order valence-electron chi connectivity index (χ1n) is 10.3. The first-order valence-corrected chi connectivity index (χ1v) is 11.5. The summed E-state index contributed by atoms with van der Waals surface area (Å²) in [5, 5.41) is 11.4. The van der Waals surface area contributed by atoms with Gasteiger partial charge in [0.1, 0.15) is 5.82 Å². The normalized spacial score (nSPS) is 13.5. The fourth-order valence-electron chi connectivity index (χ4n) is 3.02. The van der Waals surface area contributed by atoms with Crippen LogP contribution in [-0.4, -0.2) is 52.0 Å². The third-order valence-corrected chi connectivity index (χ3v) is 6.10. The molecule has 1 aliphatic carbocycles. The molecule has 1 fully saturated rings. The summed E-state index contributed by atoms with van der Waals surface area (Å²) < 4.78 is 0. The molecule has 8 nitrogen and oxygen atoms in total. The Morgan fingerprint density at radius 3 is 2.68 bits per heavy atom. The van der Waals surface area contributed by atoms with Gasteiger partial charge in [-0.3, -0.25) is 5.32 Å². The molecule has 0 bridgehead atoms. The first-order chi connectivity index (χ1) is 15.0. The van der Waals surface area contributed by atoms with Crippen LogP contribution in [0.1, 0.15) is 35.0 Å². The summed E-state index contributed by atoms with van der Waals surface area (Å²) in [5.74, 6) is 2.42. The smallest absolute Gasteiger partial charge is 0.234 e. The highest BCUT2D eigenvalue weighted by atomic mass is 35.5. The van der Waals surface area contributed by atoms with E-state index in [1.54, 1.807) is 11.3 Å². The van der Waals surface area contributed by atoms with E-state index in [-0.39, 0.29) is 0 Å². The predicted octanol–water partition coefficient (Wildman–Crippen LogP) is 4.50. The molecule has 1 aromatic carbocycles. The molecule has 0 unspecified atom stereocenters. The summed E-state index contributed by atoms with van der Waals surface area (Å²) in [7, 11) is 4.08. The molecule has 10 heteroatoms. The number of aryl methyl sites for hydroxylation is 1. The van der Waals surface area contributed by atoms with E-state index in [2.05, 4.69) is 40.8 Å². The van der Waals surface area contributed by atoms with Gasteiger partial charge in [-0.25, -0.2) is 4.98 Å². The van der Waals surface area contributed by atoms with Gasteiger partial charge in [0, 0.05) is 30.1 Å². The van der Waals surface area contributed by atoms with Crippen molar-refractivity contribution in [2.24, 2.45) is 0 Å². The number of hydrogen-bond acceptors (Lipinski definition) is 9. The number of nitrogens with zero attached hydrogens (tertiary/aromatic N) is 5. The summed E-state index contributed by atoms with van der Waals surface area (Å²) in [4.78, 5) is 21.4. The van der Waals surface area contributed by atoms with Gasteiger partial charge in [0.15, 0.2) is 5.13 Å². The molecule has 0 spiro atoms. The summed E-state index contributed by atoms with van der Waals surface area (Å²) in [6.07, 6.45) is 4.12. The van der Waals surface area contributed by atoms with Crippen LogP contribution in [0.4, 0.5) is 22.7 Å². The van der Waals surface area contributed by atoms with E-state index >= 15 is 0 Å². The minimum Gasteiger partial charge on any atom is -0.379 e. The summed E-state index contributed by atoms with van der Waals surface area (Å²) in [6, 6.07) is 5.88. The molecule has 31 heavy (non-hydrogen) atoms. The summed E-state index contributed by atoms with van der Waals surface area (Å²) in [5.41, 5.74) is 2.06. The SMILES string of the molecule is Cc1cccc(Cl)c1NCc1cnc(Nc2nc(NCCN(C)C)nc(C3CC3)n2)s1. The van der Waals surface area contributed by atoms with E-state index in [0.29, 0.717) is 24.4 Å². The van der Waals surface area contributed by atoms with Crippen molar-refractivity contribution in [1.29, 1.82) is 0 Å². The van der Waals surface area contributed by atoms with E-state index in [9.17, 15) is 0 Å². The van der Waals surface area contributed by atoms with E-state index in [4.69, 9.17) is 11.6 Å². The zero-order valence-electron chi connectivity index (χ0n) is 17.9. The van der Waals surface area contributed by atoms with Crippen molar-refractivity contribution in [2.75, 3.05) is 43.1 Å².